The van der Waals surface area contributed by atoms with Crippen molar-refractivity contribution in [1.29, 1.82) is 0 Å². The predicted octanol–water partition coefficient (Wildman–Crippen LogP) is 2.65. The number of carbonyl (C=O) groups excluding carboxylic acids is 1. The van der Waals surface area contributed by atoms with Crippen LogP contribution in [0.1, 0.15) is 50.3 Å². The molecule has 3 heterocycles. The maximum atomic E-state index is 12.6. The largest absolute Gasteiger partial charge is 0.374 e. The van der Waals surface area contributed by atoms with Gasteiger partial charge in [0.15, 0.2) is 5.65 Å². The first-order valence-electron chi connectivity index (χ1n) is 9.11. The van der Waals surface area contributed by atoms with Gasteiger partial charge in [0.2, 0.25) is 5.91 Å². The number of likely N-dealkylation sites (tertiary alicyclic amines) is 1. The summed E-state index contributed by atoms with van der Waals surface area (Å²) in [7, 11) is 0. The zero-order valence-corrected chi connectivity index (χ0v) is 14.9. The summed E-state index contributed by atoms with van der Waals surface area (Å²) in [6.45, 7) is 9.91. The lowest BCUT2D eigenvalue weighted by atomic mass is 10.2. The molecule has 2 aromatic heterocycles. The van der Waals surface area contributed by atoms with Gasteiger partial charge >= 0.3 is 0 Å². The lowest BCUT2D eigenvalue weighted by molar-refractivity contribution is -0.131. The van der Waals surface area contributed by atoms with Gasteiger partial charge in [-0.05, 0) is 32.1 Å². The van der Waals surface area contributed by atoms with Gasteiger partial charge in [0.1, 0.15) is 11.6 Å². The van der Waals surface area contributed by atoms with Gasteiger partial charge in [-0.1, -0.05) is 13.5 Å². The Morgan fingerprint density at radius 2 is 2.24 bits per heavy atom. The predicted molar refractivity (Wildman–Crippen MR) is 97.9 cm³/mol. The second kappa shape index (κ2) is 6.17. The number of aromatic amines is 1. The maximum Gasteiger partial charge on any atom is 0.244 e. The van der Waals surface area contributed by atoms with Gasteiger partial charge in [0, 0.05) is 36.5 Å². The van der Waals surface area contributed by atoms with Gasteiger partial charge in [-0.2, -0.15) is 0 Å². The monoisotopic (exact) mass is 339 g/mol. The number of nitrogens with one attached hydrogen (secondary N) is 2. The van der Waals surface area contributed by atoms with E-state index < -0.39 is 0 Å². The summed E-state index contributed by atoms with van der Waals surface area (Å²) in [5.41, 5.74) is 4.24. The molecule has 2 aliphatic rings. The van der Waals surface area contributed by atoms with E-state index in [1.54, 1.807) is 0 Å². The van der Waals surface area contributed by atoms with Crippen LogP contribution in [0.4, 0.5) is 0 Å². The molecule has 132 valence electrons. The highest BCUT2D eigenvalue weighted by Gasteiger charge is 2.28. The topological polar surface area (TPSA) is 73.9 Å². The Morgan fingerprint density at radius 3 is 2.92 bits per heavy atom. The first-order valence-corrected chi connectivity index (χ1v) is 9.11. The molecule has 2 aromatic rings. The van der Waals surface area contributed by atoms with E-state index in [-0.39, 0.29) is 11.9 Å². The molecule has 25 heavy (non-hydrogen) atoms. The van der Waals surface area contributed by atoms with Gasteiger partial charge in [-0.15, -0.1) is 0 Å². The Hall–Kier alpha value is -2.37. The zero-order valence-electron chi connectivity index (χ0n) is 14.9. The summed E-state index contributed by atoms with van der Waals surface area (Å²) in [5, 5.41) is 3.26. The molecular weight excluding hydrogens is 314 g/mol. The number of hydrogen-bond acceptors (Lipinski definition) is 4. The second-order valence-electron chi connectivity index (χ2n) is 7.49. The van der Waals surface area contributed by atoms with Gasteiger partial charge < -0.3 is 15.2 Å². The highest BCUT2D eigenvalue weighted by molar-refractivity contribution is 5.89. The minimum atomic E-state index is -0.303. The SMILES string of the molecule is C=C(N[C@H](C)C(=O)N1CCC(C)C1)c1c[nH]c2ncc(C3CC3)nc12. The van der Waals surface area contributed by atoms with Crippen LogP contribution in [0.15, 0.2) is 19.0 Å². The number of amides is 1. The first kappa shape index (κ1) is 16.1. The zero-order chi connectivity index (χ0) is 17.6. The molecular formula is C19H25N5O. The van der Waals surface area contributed by atoms with E-state index in [1.807, 2.05) is 24.2 Å². The van der Waals surface area contributed by atoms with Crippen molar-refractivity contribution in [3.63, 3.8) is 0 Å². The molecule has 1 saturated carbocycles. The molecule has 1 aliphatic heterocycles. The average molecular weight is 339 g/mol. The van der Waals surface area contributed by atoms with Crippen LogP contribution in [0.3, 0.4) is 0 Å². The van der Waals surface area contributed by atoms with Gasteiger partial charge in [0.25, 0.3) is 0 Å². The molecule has 1 saturated heterocycles. The Kier molecular flexibility index (Phi) is 3.98. The molecule has 2 N–H and O–H groups in total. The smallest absolute Gasteiger partial charge is 0.244 e. The molecule has 4 rings (SSSR count). The van der Waals surface area contributed by atoms with Gasteiger partial charge in [0.05, 0.1) is 11.9 Å². The third-order valence-corrected chi connectivity index (χ3v) is 5.22. The second-order valence-corrected chi connectivity index (χ2v) is 7.49. The number of hydrogen-bond donors (Lipinski definition) is 2. The van der Waals surface area contributed by atoms with Crippen LogP contribution in [-0.4, -0.2) is 44.9 Å². The van der Waals surface area contributed by atoms with Gasteiger partial charge in [-0.3, -0.25) is 4.79 Å². The van der Waals surface area contributed by atoms with Crippen LogP contribution in [0.2, 0.25) is 0 Å². The quantitative estimate of drug-likeness (QED) is 0.878. The van der Waals surface area contributed by atoms with E-state index in [4.69, 9.17) is 4.98 Å². The van der Waals surface area contributed by atoms with E-state index in [0.717, 1.165) is 41.9 Å². The molecule has 1 unspecified atom stereocenters. The molecule has 2 atom stereocenters. The first-order chi connectivity index (χ1) is 12.0. The maximum absolute atomic E-state index is 12.6. The highest BCUT2D eigenvalue weighted by atomic mass is 16.2. The van der Waals surface area contributed by atoms with Crippen LogP contribution in [0.25, 0.3) is 16.9 Å². The third-order valence-electron chi connectivity index (χ3n) is 5.22. The molecule has 0 aromatic carbocycles. The van der Waals surface area contributed by atoms with E-state index in [1.165, 1.54) is 12.8 Å². The number of carbonyl (C=O) groups is 1. The van der Waals surface area contributed by atoms with Crippen molar-refractivity contribution in [3.05, 3.63) is 30.2 Å². The lowest BCUT2D eigenvalue weighted by Crippen LogP contribution is -2.43. The van der Waals surface area contributed by atoms with Crippen LogP contribution in [-0.2, 0) is 4.79 Å². The van der Waals surface area contributed by atoms with Crippen LogP contribution < -0.4 is 5.32 Å². The van der Waals surface area contributed by atoms with Crippen LogP contribution in [0, 0.1) is 5.92 Å². The molecule has 6 heteroatoms. The number of nitrogens with zero attached hydrogens (tertiary/aromatic N) is 3. The van der Waals surface area contributed by atoms with Crippen molar-refractivity contribution >= 4 is 22.8 Å². The van der Waals surface area contributed by atoms with E-state index >= 15 is 0 Å². The van der Waals surface area contributed by atoms with Crippen molar-refractivity contribution < 1.29 is 4.79 Å². The highest BCUT2D eigenvalue weighted by Crippen LogP contribution is 2.39. The lowest BCUT2D eigenvalue weighted by Gasteiger charge is -2.23. The molecule has 0 radical (unpaired) electrons. The summed E-state index contributed by atoms with van der Waals surface area (Å²) in [6.07, 6.45) is 7.20. The van der Waals surface area contributed by atoms with Crippen LogP contribution in [0.5, 0.6) is 0 Å². The Bertz CT molecular complexity index is 822. The minimum Gasteiger partial charge on any atom is -0.374 e. The molecule has 6 nitrogen and oxygen atoms in total. The van der Waals surface area contributed by atoms with E-state index in [0.29, 0.717) is 17.5 Å². The summed E-state index contributed by atoms with van der Waals surface area (Å²) < 4.78 is 0. The minimum absolute atomic E-state index is 0.134. The van der Waals surface area contributed by atoms with Crippen molar-refractivity contribution in [2.45, 2.75) is 45.1 Å². The Balaban J connectivity index is 1.49. The molecule has 0 spiro atoms. The molecule has 2 fully saturated rings. The summed E-state index contributed by atoms with van der Waals surface area (Å²) in [5.74, 6) is 1.28. The number of fused-ring (bicyclic) bond motifs is 1. The molecule has 1 aliphatic carbocycles. The normalized spacial score (nSPS) is 21.5. The summed E-state index contributed by atoms with van der Waals surface area (Å²) >= 11 is 0. The Labute approximate surface area is 147 Å². The molecule has 1 amide bonds. The van der Waals surface area contributed by atoms with Crippen LogP contribution >= 0.6 is 0 Å². The van der Waals surface area contributed by atoms with Gasteiger partial charge in [-0.25, -0.2) is 9.97 Å². The standard InChI is InChI=1S/C19H25N5O/c1-11-6-7-24(10-11)19(25)13(3)22-12(2)15-8-20-18-17(15)23-16(9-21-18)14-4-5-14/h8-9,11,13-14,22H,2,4-7,10H2,1,3H3,(H,20,21)/t11?,13-/m1/s1. The number of aromatic nitrogens is 3. The number of H-pyrrole nitrogens is 1. The fourth-order valence-corrected chi connectivity index (χ4v) is 3.52. The fraction of sp³-hybridized carbons (Fsp3) is 0.526. The Morgan fingerprint density at radius 1 is 1.44 bits per heavy atom. The molecule has 0 bridgehead atoms. The third kappa shape index (κ3) is 3.13. The average Bonchev–Trinajstić information content (AvgIpc) is 3.22. The summed E-state index contributed by atoms with van der Waals surface area (Å²) in [6, 6.07) is -0.303. The fourth-order valence-electron chi connectivity index (χ4n) is 3.52. The van der Waals surface area contributed by atoms with Crippen molar-refractivity contribution in [2.75, 3.05) is 13.1 Å². The van der Waals surface area contributed by atoms with Crippen molar-refractivity contribution in [1.82, 2.24) is 25.2 Å². The number of rotatable bonds is 5. The van der Waals surface area contributed by atoms with E-state index in [2.05, 4.69) is 28.8 Å². The summed E-state index contributed by atoms with van der Waals surface area (Å²) in [4.78, 5) is 26.9. The van der Waals surface area contributed by atoms with Crippen molar-refractivity contribution in [3.8, 4) is 0 Å². The van der Waals surface area contributed by atoms with Crippen molar-refractivity contribution in [2.24, 2.45) is 5.92 Å². The van der Waals surface area contributed by atoms with E-state index in [9.17, 15) is 4.79 Å².